The number of aryl methyl sites for hydroxylation is 1. The summed E-state index contributed by atoms with van der Waals surface area (Å²) in [6.45, 7) is 1.88. The van der Waals surface area contributed by atoms with Crippen LogP contribution < -0.4 is 11.1 Å². The van der Waals surface area contributed by atoms with Crippen LogP contribution in [0.1, 0.15) is 11.1 Å². The third-order valence-electron chi connectivity index (χ3n) is 2.96. The molecule has 0 saturated heterocycles. The molecule has 2 aromatic rings. The zero-order valence-electron chi connectivity index (χ0n) is 10.9. The summed E-state index contributed by atoms with van der Waals surface area (Å²) in [5.74, 6) is -0.837. The van der Waals surface area contributed by atoms with Crippen LogP contribution in [0.15, 0.2) is 36.4 Å². The Morgan fingerprint density at radius 3 is 2.75 bits per heavy atom. The van der Waals surface area contributed by atoms with Gasteiger partial charge in [-0.1, -0.05) is 23.7 Å². The molecule has 2 aromatic carbocycles. The van der Waals surface area contributed by atoms with Crippen molar-refractivity contribution in [2.75, 3.05) is 11.1 Å². The number of nitrogen functional groups attached to an aromatic ring is 1. The van der Waals surface area contributed by atoms with Gasteiger partial charge in [-0.05, 0) is 36.8 Å². The summed E-state index contributed by atoms with van der Waals surface area (Å²) in [6, 6.07) is 9.54. The molecule has 1 amide bonds. The SMILES string of the molecule is Cc1ccc(NC(=O)Cc2c(F)cccc2Cl)cc1N. The number of anilines is 2. The second-order valence-corrected chi connectivity index (χ2v) is 4.90. The number of nitrogens with one attached hydrogen (secondary N) is 1. The van der Waals surface area contributed by atoms with Crippen molar-refractivity contribution in [2.45, 2.75) is 13.3 Å². The molecule has 0 radical (unpaired) electrons. The van der Waals surface area contributed by atoms with E-state index in [-0.39, 0.29) is 22.9 Å². The van der Waals surface area contributed by atoms with Gasteiger partial charge in [-0.2, -0.15) is 0 Å². The molecule has 2 rings (SSSR count). The van der Waals surface area contributed by atoms with E-state index >= 15 is 0 Å². The lowest BCUT2D eigenvalue weighted by atomic mass is 10.1. The Kier molecular flexibility index (Phi) is 4.25. The molecule has 0 aliphatic heterocycles. The predicted molar refractivity (Wildman–Crippen MR) is 79.3 cm³/mol. The molecule has 0 aliphatic carbocycles. The van der Waals surface area contributed by atoms with E-state index in [4.69, 9.17) is 17.3 Å². The minimum absolute atomic E-state index is 0.126. The quantitative estimate of drug-likeness (QED) is 0.850. The molecule has 3 nitrogen and oxygen atoms in total. The van der Waals surface area contributed by atoms with Gasteiger partial charge < -0.3 is 11.1 Å². The molecule has 0 aliphatic rings. The topological polar surface area (TPSA) is 55.1 Å². The van der Waals surface area contributed by atoms with E-state index in [1.807, 2.05) is 6.92 Å². The molecule has 20 heavy (non-hydrogen) atoms. The molecule has 0 unspecified atom stereocenters. The standard InChI is InChI=1S/C15H14ClFN2O/c1-9-5-6-10(7-14(9)18)19-15(20)8-11-12(16)3-2-4-13(11)17/h2-7H,8,18H2,1H3,(H,19,20). The molecule has 0 atom stereocenters. The number of amides is 1. The Balaban J connectivity index is 2.11. The number of hydrogen-bond acceptors (Lipinski definition) is 2. The number of halogens is 2. The van der Waals surface area contributed by atoms with Crippen molar-refractivity contribution in [3.8, 4) is 0 Å². The van der Waals surface area contributed by atoms with Crippen LogP contribution in [0.25, 0.3) is 0 Å². The van der Waals surface area contributed by atoms with E-state index in [1.54, 1.807) is 24.3 Å². The normalized spacial score (nSPS) is 10.3. The van der Waals surface area contributed by atoms with Crippen LogP contribution in [-0.2, 0) is 11.2 Å². The molecule has 0 heterocycles. The zero-order chi connectivity index (χ0) is 14.7. The van der Waals surface area contributed by atoms with Crippen molar-refractivity contribution in [3.63, 3.8) is 0 Å². The molecule has 0 saturated carbocycles. The van der Waals surface area contributed by atoms with Crippen LogP contribution in [0.5, 0.6) is 0 Å². The third kappa shape index (κ3) is 3.27. The van der Waals surface area contributed by atoms with E-state index in [0.717, 1.165) is 5.56 Å². The lowest BCUT2D eigenvalue weighted by Crippen LogP contribution is -2.15. The van der Waals surface area contributed by atoms with Crippen LogP contribution in [0.3, 0.4) is 0 Å². The first-order valence-electron chi connectivity index (χ1n) is 6.06. The van der Waals surface area contributed by atoms with Crippen molar-refractivity contribution in [1.29, 1.82) is 0 Å². The van der Waals surface area contributed by atoms with Gasteiger partial charge in [-0.3, -0.25) is 4.79 Å². The van der Waals surface area contributed by atoms with Crippen LogP contribution in [0.2, 0.25) is 5.02 Å². The predicted octanol–water partition coefficient (Wildman–Crippen LogP) is 3.55. The van der Waals surface area contributed by atoms with Crippen molar-refractivity contribution in [3.05, 3.63) is 58.4 Å². The second-order valence-electron chi connectivity index (χ2n) is 4.50. The fourth-order valence-electron chi connectivity index (χ4n) is 1.79. The average Bonchev–Trinajstić information content (AvgIpc) is 2.38. The summed E-state index contributed by atoms with van der Waals surface area (Å²) in [5.41, 5.74) is 8.05. The summed E-state index contributed by atoms with van der Waals surface area (Å²) in [6.07, 6.45) is -0.126. The summed E-state index contributed by atoms with van der Waals surface area (Å²) >= 11 is 5.88. The van der Waals surface area contributed by atoms with Gasteiger partial charge in [0.05, 0.1) is 6.42 Å². The largest absolute Gasteiger partial charge is 0.398 e. The third-order valence-corrected chi connectivity index (χ3v) is 3.32. The van der Waals surface area contributed by atoms with Crippen LogP contribution in [0, 0.1) is 12.7 Å². The molecule has 5 heteroatoms. The van der Waals surface area contributed by atoms with Gasteiger partial charge in [0.1, 0.15) is 5.82 Å². The van der Waals surface area contributed by atoms with E-state index in [0.29, 0.717) is 11.4 Å². The van der Waals surface area contributed by atoms with Crippen molar-refractivity contribution >= 4 is 28.9 Å². The minimum Gasteiger partial charge on any atom is -0.398 e. The lowest BCUT2D eigenvalue weighted by Gasteiger charge is -2.09. The highest BCUT2D eigenvalue weighted by molar-refractivity contribution is 6.31. The van der Waals surface area contributed by atoms with Gasteiger partial charge in [0, 0.05) is 22.0 Å². The Hall–Kier alpha value is -2.07. The van der Waals surface area contributed by atoms with Crippen molar-refractivity contribution in [1.82, 2.24) is 0 Å². The molecular weight excluding hydrogens is 279 g/mol. The molecule has 0 bridgehead atoms. The Morgan fingerprint density at radius 1 is 1.35 bits per heavy atom. The minimum atomic E-state index is -0.490. The maximum absolute atomic E-state index is 13.6. The number of benzene rings is 2. The van der Waals surface area contributed by atoms with E-state index in [2.05, 4.69) is 5.32 Å². The van der Waals surface area contributed by atoms with Gasteiger partial charge in [-0.15, -0.1) is 0 Å². The summed E-state index contributed by atoms with van der Waals surface area (Å²) in [5, 5.41) is 2.91. The van der Waals surface area contributed by atoms with Crippen LogP contribution in [-0.4, -0.2) is 5.91 Å². The van der Waals surface area contributed by atoms with Crippen molar-refractivity contribution < 1.29 is 9.18 Å². The smallest absolute Gasteiger partial charge is 0.228 e. The molecule has 104 valence electrons. The fraction of sp³-hybridized carbons (Fsp3) is 0.133. The Morgan fingerprint density at radius 2 is 2.10 bits per heavy atom. The second kappa shape index (κ2) is 5.92. The number of carbonyl (C=O) groups is 1. The first kappa shape index (κ1) is 14.3. The Bertz CT molecular complexity index is 638. The monoisotopic (exact) mass is 292 g/mol. The highest BCUT2D eigenvalue weighted by Gasteiger charge is 2.12. The number of nitrogens with two attached hydrogens (primary N) is 1. The zero-order valence-corrected chi connectivity index (χ0v) is 11.7. The van der Waals surface area contributed by atoms with Crippen LogP contribution >= 0.6 is 11.6 Å². The molecule has 3 N–H and O–H groups in total. The summed E-state index contributed by atoms with van der Waals surface area (Å²) in [7, 11) is 0. The van der Waals surface area contributed by atoms with E-state index in [1.165, 1.54) is 12.1 Å². The van der Waals surface area contributed by atoms with Gasteiger partial charge in [0.2, 0.25) is 5.91 Å². The molecule has 0 aromatic heterocycles. The first-order chi connectivity index (χ1) is 9.47. The summed E-state index contributed by atoms with van der Waals surface area (Å²) < 4.78 is 13.6. The lowest BCUT2D eigenvalue weighted by molar-refractivity contribution is -0.115. The Labute approximate surface area is 121 Å². The van der Waals surface area contributed by atoms with Gasteiger partial charge in [-0.25, -0.2) is 4.39 Å². The fourth-order valence-corrected chi connectivity index (χ4v) is 2.02. The number of hydrogen-bond donors (Lipinski definition) is 2. The number of carbonyl (C=O) groups excluding carboxylic acids is 1. The van der Waals surface area contributed by atoms with Crippen molar-refractivity contribution in [2.24, 2.45) is 0 Å². The van der Waals surface area contributed by atoms with Gasteiger partial charge >= 0.3 is 0 Å². The maximum atomic E-state index is 13.6. The molecular formula is C15H14ClFN2O. The number of rotatable bonds is 3. The highest BCUT2D eigenvalue weighted by Crippen LogP contribution is 2.21. The summed E-state index contributed by atoms with van der Waals surface area (Å²) in [4.78, 5) is 11.9. The first-order valence-corrected chi connectivity index (χ1v) is 6.44. The molecule has 0 fully saturated rings. The van der Waals surface area contributed by atoms with Gasteiger partial charge in [0.25, 0.3) is 0 Å². The average molecular weight is 293 g/mol. The van der Waals surface area contributed by atoms with Gasteiger partial charge in [0.15, 0.2) is 0 Å². The maximum Gasteiger partial charge on any atom is 0.228 e. The molecule has 0 spiro atoms. The van der Waals surface area contributed by atoms with E-state index < -0.39 is 5.82 Å². The highest BCUT2D eigenvalue weighted by atomic mass is 35.5. The van der Waals surface area contributed by atoms with E-state index in [9.17, 15) is 9.18 Å². The van der Waals surface area contributed by atoms with Crippen LogP contribution in [0.4, 0.5) is 15.8 Å².